The maximum Gasteiger partial charge on any atom is 0.195 e. The lowest BCUT2D eigenvalue weighted by atomic mass is 9.73. The lowest BCUT2D eigenvalue weighted by Gasteiger charge is -2.50. The summed E-state index contributed by atoms with van der Waals surface area (Å²) in [6.07, 6.45) is 3.21. The van der Waals surface area contributed by atoms with Crippen LogP contribution in [0.4, 0.5) is 0 Å². The van der Waals surface area contributed by atoms with Gasteiger partial charge in [-0.2, -0.15) is 0 Å². The van der Waals surface area contributed by atoms with Crippen molar-refractivity contribution < 1.29 is 18.3 Å². The lowest BCUT2D eigenvalue weighted by molar-refractivity contribution is -0.0445. The van der Waals surface area contributed by atoms with Gasteiger partial charge in [0.05, 0.1) is 24.5 Å². The number of aromatic nitrogens is 1. The molecule has 2 aromatic rings. The molecule has 0 aliphatic carbocycles. The molecule has 4 heterocycles. The van der Waals surface area contributed by atoms with E-state index in [0.717, 1.165) is 31.3 Å². The summed E-state index contributed by atoms with van der Waals surface area (Å²) in [5.74, 6) is 1.59. The van der Waals surface area contributed by atoms with Crippen LogP contribution >= 0.6 is 0 Å². The van der Waals surface area contributed by atoms with Gasteiger partial charge in [-0.15, -0.1) is 6.58 Å². The first-order valence-electron chi connectivity index (χ1n) is 10.1. The zero-order valence-electron chi connectivity index (χ0n) is 16.9. The third-order valence-corrected chi connectivity index (χ3v) is 8.17. The second-order valence-corrected chi connectivity index (χ2v) is 10.3. The van der Waals surface area contributed by atoms with Gasteiger partial charge in [-0.3, -0.25) is 4.90 Å². The van der Waals surface area contributed by atoms with Gasteiger partial charge in [-0.25, -0.2) is 13.4 Å². The lowest BCUT2D eigenvalue weighted by Crippen LogP contribution is -2.54. The van der Waals surface area contributed by atoms with Gasteiger partial charge in [0.1, 0.15) is 5.75 Å². The average molecular weight is 417 g/mol. The van der Waals surface area contributed by atoms with E-state index in [4.69, 9.17) is 4.74 Å². The summed E-state index contributed by atoms with van der Waals surface area (Å²) in [6, 6.07) is 6.85. The van der Waals surface area contributed by atoms with Crippen LogP contribution in [-0.2, 0) is 9.84 Å². The maximum atomic E-state index is 12.5. The number of methoxy groups -OCH3 is 1. The van der Waals surface area contributed by atoms with Gasteiger partial charge in [0, 0.05) is 18.0 Å². The zero-order chi connectivity index (χ0) is 20.8. The molecule has 0 spiro atoms. The van der Waals surface area contributed by atoms with E-state index in [9.17, 15) is 13.5 Å². The molecule has 29 heavy (non-hydrogen) atoms. The number of nitrogens with zero attached hydrogens (tertiary/aromatic N) is 2. The first kappa shape index (κ1) is 20.3. The van der Waals surface area contributed by atoms with Crippen LogP contribution < -0.4 is 4.74 Å². The molecular formula is C22H28N2O4S. The van der Waals surface area contributed by atoms with Crippen LogP contribution in [0.5, 0.6) is 5.75 Å². The van der Waals surface area contributed by atoms with E-state index in [1.54, 1.807) is 32.2 Å². The second kappa shape index (κ2) is 7.70. The fraction of sp³-hybridized carbons (Fsp3) is 0.500. The monoisotopic (exact) mass is 416 g/mol. The molecule has 3 aliphatic heterocycles. The first-order valence-corrected chi connectivity index (χ1v) is 11.8. The molecule has 1 aromatic carbocycles. The minimum Gasteiger partial charge on any atom is -0.497 e. The zero-order valence-corrected chi connectivity index (χ0v) is 17.7. The Bertz CT molecular complexity index is 1040. The van der Waals surface area contributed by atoms with E-state index >= 15 is 0 Å². The van der Waals surface area contributed by atoms with E-state index in [0.29, 0.717) is 28.7 Å². The molecule has 3 fully saturated rings. The van der Waals surface area contributed by atoms with Crippen LogP contribution in [-0.4, -0.2) is 55.4 Å². The van der Waals surface area contributed by atoms with Crippen molar-refractivity contribution in [1.29, 1.82) is 0 Å². The number of aliphatic hydroxyl groups is 1. The number of benzene rings is 1. The van der Waals surface area contributed by atoms with Gasteiger partial charge in [-0.1, -0.05) is 13.0 Å². The van der Waals surface area contributed by atoms with Gasteiger partial charge in [-0.05, 0) is 61.1 Å². The molecule has 5 rings (SSSR count). The smallest absolute Gasteiger partial charge is 0.195 e. The number of pyridine rings is 1. The summed E-state index contributed by atoms with van der Waals surface area (Å²) in [7, 11) is -1.91. The standard InChI is InChI=1S/C22H28N2O4S/c1-4-14-13-24-9-8-15(14)10-20(24)22(25)18-12-21(29(26,27)5-2)23-19-7-6-16(28-3)11-17(18)19/h4,6-7,11-12,14-15,20,22,25H,1,5,8-10,13H2,2-3H3/t14-,15?,20+,22+/m0/s1. The predicted molar refractivity (Wildman–Crippen MR) is 113 cm³/mol. The number of aliphatic hydroxyl groups excluding tert-OH is 1. The highest BCUT2D eigenvalue weighted by molar-refractivity contribution is 7.91. The topological polar surface area (TPSA) is 79.7 Å². The quantitative estimate of drug-likeness (QED) is 0.730. The highest BCUT2D eigenvalue weighted by atomic mass is 32.2. The van der Waals surface area contributed by atoms with Crippen LogP contribution in [0.15, 0.2) is 41.9 Å². The minimum atomic E-state index is -3.50. The Labute approximate surface area is 172 Å². The number of piperidine rings is 3. The highest BCUT2D eigenvalue weighted by Gasteiger charge is 2.42. The summed E-state index contributed by atoms with van der Waals surface area (Å²) in [6.45, 7) is 7.40. The fourth-order valence-corrected chi connectivity index (χ4v) is 5.64. The van der Waals surface area contributed by atoms with Gasteiger partial charge < -0.3 is 9.84 Å². The van der Waals surface area contributed by atoms with Crippen LogP contribution in [0.25, 0.3) is 10.9 Å². The van der Waals surface area contributed by atoms with Gasteiger partial charge in [0.15, 0.2) is 14.9 Å². The summed E-state index contributed by atoms with van der Waals surface area (Å²) in [4.78, 5) is 6.69. The molecule has 2 unspecified atom stereocenters. The van der Waals surface area contributed by atoms with E-state index in [2.05, 4.69) is 16.5 Å². The van der Waals surface area contributed by atoms with Crippen molar-refractivity contribution in [3.8, 4) is 5.75 Å². The number of hydrogen-bond donors (Lipinski definition) is 1. The van der Waals surface area contributed by atoms with Crippen LogP contribution in [0, 0.1) is 11.8 Å². The van der Waals surface area contributed by atoms with Crippen molar-refractivity contribution in [2.75, 3.05) is 26.0 Å². The largest absolute Gasteiger partial charge is 0.497 e. The third-order valence-electron chi connectivity index (χ3n) is 6.56. The van der Waals surface area contributed by atoms with Gasteiger partial charge in [0.2, 0.25) is 0 Å². The van der Waals surface area contributed by atoms with Crippen molar-refractivity contribution in [3.63, 3.8) is 0 Å². The summed E-state index contributed by atoms with van der Waals surface area (Å²) in [5, 5.41) is 12.2. The molecule has 3 aliphatic rings. The van der Waals surface area contributed by atoms with Gasteiger partial charge >= 0.3 is 0 Å². The molecule has 7 heteroatoms. The molecule has 1 aromatic heterocycles. The van der Waals surface area contributed by atoms with Crippen LogP contribution in [0.1, 0.15) is 31.4 Å². The Morgan fingerprint density at radius 2 is 2.21 bits per heavy atom. The van der Waals surface area contributed by atoms with Crippen molar-refractivity contribution in [3.05, 3.63) is 42.5 Å². The van der Waals surface area contributed by atoms with Crippen LogP contribution in [0.3, 0.4) is 0 Å². The molecule has 2 bridgehead atoms. The SMILES string of the molecule is C=C[C@H]1CN2CCC1C[C@@H]2[C@H](O)c1cc(S(=O)(=O)CC)nc2ccc(OC)cc12. The number of ether oxygens (including phenoxy) is 1. The molecule has 0 amide bonds. The molecule has 0 saturated carbocycles. The number of rotatable bonds is 6. The van der Waals surface area contributed by atoms with Crippen molar-refractivity contribution in [2.24, 2.45) is 11.8 Å². The summed E-state index contributed by atoms with van der Waals surface area (Å²) in [5.41, 5.74) is 1.16. The number of hydrogen-bond acceptors (Lipinski definition) is 6. The minimum absolute atomic E-state index is 0.0200. The Kier molecular flexibility index (Phi) is 5.40. The summed E-state index contributed by atoms with van der Waals surface area (Å²) >= 11 is 0. The van der Waals surface area contributed by atoms with E-state index in [1.165, 1.54) is 0 Å². The predicted octanol–water partition coefficient (Wildman–Crippen LogP) is 2.97. The first-order chi connectivity index (χ1) is 13.9. The molecule has 156 valence electrons. The maximum absolute atomic E-state index is 12.5. The number of sulfone groups is 1. The third kappa shape index (κ3) is 3.56. The Hall–Kier alpha value is -1.96. The van der Waals surface area contributed by atoms with Crippen molar-refractivity contribution in [1.82, 2.24) is 9.88 Å². The van der Waals surface area contributed by atoms with E-state index in [-0.39, 0.29) is 16.8 Å². The average Bonchev–Trinajstić information content (AvgIpc) is 2.77. The Morgan fingerprint density at radius 1 is 1.41 bits per heavy atom. The molecule has 1 N–H and O–H groups in total. The summed E-state index contributed by atoms with van der Waals surface area (Å²) < 4.78 is 30.4. The Balaban J connectivity index is 1.81. The van der Waals surface area contributed by atoms with Crippen LogP contribution in [0.2, 0.25) is 0 Å². The number of fused-ring (bicyclic) bond motifs is 4. The molecule has 6 nitrogen and oxygen atoms in total. The fourth-order valence-electron chi connectivity index (χ4n) is 4.80. The van der Waals surface area contributed by atoms with Crippen molar-refractivity contribution in [2.45, 2.75) is 36.9 Å². The second-order valence-electron chi connectivity index (χ2n) is 8.03. The molecule has 0 radical (unpaired) electrons. The van der Waals surface area contributed by atoms with Crippen molar-refractivity contribution >= 4 is 20.7 Å². The Morgan fingerprint density at radius 3 is 2.83 bits per heavy atom. The highest BCUT2D eigenvalue weighted by Crippen LogP contribution is 2.42. The van der Waals surface area contributed by atoms with E-state index < -0.39 is 15.9 Å². The molecule has 3 saturated heterocycles. The molecule has 5 atom stereocenters. The van der Waals surface area contributed by atoms with E-state index in [1.807, 2.05) is 12.1 Å². The normalized spacial score (nSPS) is 27.7. The van der Waals surface area contributed by atoms with Gasteiger partial charge in [0.25, 0.3) is 0 Å². The molecular weight excluding hydrogens is 388 g/mol.